The van der Waals surface area contributed by atoms with Crippen molar-refractivity contribution in [1.82, 2.24) is 20.1 Å². The molecule has 3 rings (SSSR count). The van der Waals surface area contributed by atoms with Crippen LogP contribution in [0.1, 0.15) is 23.2 Å². The van der Waals surface area contributed by atoms with Crippen LogP contribution in [0.4, 0.5) is 0 Å². The number of aromatic nitrogens is 1. The summed E-state index contributed by atoms with van der Waals surface area (Å²) in [5.41, 5.74) is 0. The number of nitrogens with one attached hydrogen (secondary N) is 1. The second-order valence-electron chi connectivity index (χ2n) is 6.39. The third kappa shape index (κ3) is 6.04. The van der Waals surface area contributed by atoms with Crippen molar-refractivity contribution in [2.24, 2.45) is 4.99 Å². The Kier molecular flexibility index (Phi) is 8.88. The van der Waals surface area contributed by atoms with E-state index in [-0.39, 0.29) is 24.0 Å². The Morgan fingerprint density at radius 1 is 1.40 bits per heavy atom. The Balaban J connectivity index is 0.00000225. The fraction of sp³-hybridized carbons (Fsp3) is 0.765. The summed E-state index contributed by atoms with van der Waals surface area (Å²) in [5, 5.41) is 4.64. The summed E-state index contributed by atoms with van der Waals surface area (Å²) in [6.45, 7) is 12.0. The molecule has 0 radical (unpaired) electrons. The van der Waals surface area contributed by atoms with Gasteiger partial charge in [0.1, 0.15) is 0 Å². The molecule has 0 amide bonds. The number of morpholine rings is 1. The van der Waals surface area contributed by atoms with Crippen LogP contribution in [0.15, 0.2) is 11.2 Å². The molecule has 2 aliphatic heterocycles. The molecule has 0 aromatic carbocycles. The average Bonchev–Trinajstić information content (AvgIpc) is 3.24. The molecule has 0 spiro atoms. The molecule has 142 valence electrons. The van der Waals surface area contributed by atoms with Crippen molar-refractivity contribution in [3.63, 3.8) is 0 Å². The number of hydrogen-bond donors (Lipinski definition) is 1. The molecule has 0 bridgehead atoms. The zero-order valence-corrected chi connectivity index (χ0v) is 18.4. The predicted molar refractivity (Wildman–Crippen MR) is 114 cm³/mol. The van der Waals surface area contributed by atoms with Gasteiger partial charge in [-0.3, -0.25) is 9.89 Å². The molecule has 2 aliphatic rings. The van der Waals surface area contributed by atoms with Gasteiger partial charge in [0.25, 0.3) is 0 Å². The Labute approximate surface area is 172 Å². The number of halogens is 1. The number of rotatable bonds is 5. The first kappa shape index (κ1) is 20.9. The third-order valence-electron chi connectivity index (χ3n) is 4.62. The SMILES string of the molecule is CCNC(=NCCc1ncc(C)s1)N1CCC(N2CCOCC2)C1.I. The van der Waals surface area contributed by atoms with Crippen molar-refractivity contribution in [2.75, 3.05) is 52.5 Å². The van der Waals surface area contributed by atoms with E-state index in [1.807, 2.05) is 6.20 Å². The molecule has 1 aromatic heterocycles. The molecule has 1 atom stereocenters. The number of nitrogens with zero attached hydrogens (tertiary/aromatic N) is 4. The van der Waals surface area contributed by atoms with Crippen LogP contribution < -0.4 is 5.32 Å². The van der Waals surface area contributed by atoms with Crippen LogP contribution in [0.3, 0.4) is 0 Å². The first-order valence-electron chi connectivity index (χ1n) is 9.02. The van der Waals surface area contributed by atoms with E-state index < -0.39 is 0 Å². The normalized spacial score (nSPS) is 22.1. The highest BCUT2D eigenvalue weighted by Crippen LogP contribution is 2.17. The van der Waals surface area contributed by atoms with Crippen molar-refractivity contribution in [1.29, 1.82) is 0 Å². The van der Waals surface area contributed by atoms with Crippen molar-refractivity contribution in [3.05, 3.63) is 16.1 Å². The monoisotopic (exact) mass is 479 g/mol. The summed E-state index contributed by atoms with van der Waals surface area (Å²) in [6, 6.07) is 0.638. The lowest BCUT2D eigenvalue weighted by Crippen LogP contribution is -2.46. The van der Waals surface area contributed by atoms with E-state index in [4.69, 9.17) is 9.73 Å². The van der Waals surface area contributed by atoms with E-state index in [1.165, 1.54) is 16.3 Å². The fourth-order valence-electron chi connectivity index (χ4n) is 3.38. The second kappa shape index (κ2) is 10.6. The zero-order valence-electron chi connectivity index (χ0n) is 15.2. The minimum absolute atomic E-state index is 0. The molecule has 25 heavy (non-hydrogen) atoms. The lowest BCUT2D eigenvalue weighted by molar-refractivity contribution is 0.0195. The minimum atomic E-state index is 0. The summed E-state index contributed by atoms with van der Waals surface area (Å²) in [6.07, 6.45) is 4.09. The van der Waals surface area contributed by atoms with Gasteiger partial charge in [-0.25, -0.2) is 4.98 Å². The van der Waals surface area contributed by atoms with Crippen LogP contribution >= 0.6 is 35.3 Å². The van der Waals surface area contributed by atoms with Crippen LogP contribution in [-0.4, -0.2) is 79.3 Å². The number of likely N-dealkylation sites (tertiary alicyclic amines) is 1. The summed E-state index contributed by atoms with van der Waals surface area (Å²) in [7, 11) is 0. The zero-order chi connectivity index (χ0) is 16.8. The molecule has 1 N–H and O–H groups in total. The highest BCUT2D eigenvalue weighted by Gasteiger charge is 2.30. The molecule has 1 unspecified atom stereocenters. The van der Waals surface area contributed by atoms with Crippen molar-refractivity contribution >= 4 is 41.3 Å². The van der Waals surface area contributed by atoms with E-state index in [0.717, 1.165) is 64.9 Å². The Bertz CT molecular complexity index is 547. The van der Waals surface area contributed by atoms with Gasteiger partial charge in [0, 0.05) is 62.8 Å². The molecule has 0 aliphatic carbocycles. The lowest BCUT2D eigenvalue weighted by Gasteiger charge is -2.32. The van der Waals surface area contributed by atoms with Gasteiger partial charge in [-0.15, -0.1) is 35.3 Å². The van der Waals surface area contributed by atoms with Gasteiger partial charge >= 0.3 is 0 Å². The van der Waals surface area contributed by atoms with Gasteiger partial charge in [-0.05, 0) is 20.3 Å². The topological polar surface area (TPSA) is 53.0 Å². The maximum absolute atomic E-state index is 5.47. The summed E-state index contributed by atoms with van der Waals surface area (Å²) in [5.74, 6) is 1.06. The van der Waals surface area contributed by atoms with E-state index in [1.54, 1.807) is 11.3 Å². The Morgan fingerprint density at radius 3 is 2.88 bits per heavy atom. The Morgan fingerprint density at radius 2 is 2.20 bits per heavy atom. The highest BCUT2D eigenvalue weighted by atomic mass is 127. The van der Waals surface area contributed by atoms with Crippen molar-refractivity contribution in [3.8, 4) is 0 Å². The largest absolute Gasteiger partial charge is 0.379 e. The van der Waals surface area contributed by atoms with E-state index in [2.05, 4.69) is 33.9 Å². The van der Waals surface area contributed by atoms with Gasteiger partial charge in [-0.2, -0.15) is 0 Å². The van der Waals surface area contributed by atoms with E-state index >= 15 is 0 Å². The van der Waals surface area contributed by atoms with Crippen molar-refractivity contribution < 1.29 is 4.74 Å². The van der Waals surface area contributed by atoms with Crippen molar-refractivity contribution in [2.45, 2.75) is 32.7 Å². The molecule has 1 aromatic rings. The van der Waals surface area contributed by atoms with Gasteiger partial charge in [0.05, 0.1) is 18.2 Å². The van der Waals surface area contributed by atoms with E-state index in [0.29, 0.717) is 6.04 Å². The van der Waals surface area contributed by atoms with Gasteiger partial charge in [0.15, 0.2) is 5.96 Å². The van der Waals surface area contributed by atoms with Crippen LogP contribution in [-0.2, 0) is 11.2 Å². The second-order valence-corrected chi connectivity index (χ2v) is 7.71. The van der Waals surface area contributed by atoms with E-state index in [9.17, 15) is 0 Å². The number of aryl methyl sites for hydroxylation is 1. The summed E-state index contributed by atoms with van der Waals surface area (Å²) < 4.78 is 5.47. The smallest absolute Gasteiger partial charge is 0.193 e. The molecule has 2 saturated heterocycles. The maximum atomic E-state index is 5.47. The number of ether oxygens (including phenoxy) is 1. The number of aliphatic imine (C=N–C) groups is 1. The van der Waals surface area contributed by atoms with Crippen LogP contribution in [0.5, 0.6) is 0 Å². The van der Waals surface area contributed by atoms with Crippen LogP contribution in [0.25, 0.3) is 0 Å². The number of guanidine groups is 1. The molecular weight excluding hydrogens is 449 g/mol. The molecular formula is C17H30IN5OS. The standard InChI is InChI=1S/C17H29N5OS.HI/c1-3-18-17(19-6-4-16-20-12-14(2)24-16)22-7-5-15(13-22)21-8-10-23-11-9-21;/h12,15H,3-11,13H2,1-2H3,(H,18,19);1H. The number of thiazole rings is 1. The maximum Gasteiger partial charge on any atom is 0.193 e. The fourth-order valence-corrected chi connectivity index (χ4v) is 4.15. The molecule has 2 fully saturated rings. The summed E-state index contributed by atoms with van der Waals surface area (Å²) in [4.78, 5) is 15.5. The Hall–Kier alpha value is -0.450. The molecule has 8 heteroatoms. The third-order valence-corrected chi connectivity index (χ3v) is 5.59. The first-order chi connectivity index (χ1) is 11.8. The molecule has 0 saturated carbocycles. The van der Waals surface area contributed by atoms with Crippen LogP contribution in [0, 0.1) is 6.92 Å². The molecule has 6 nitrogen and oxygen atoms in total. The highest BCUT2D eigenvalue weighted by molar-refractivity contribution is 14.0. The minimum Gasteiger partial charge on any atom is -0.379 e. The number of hydrogen-bond acceptors (Lipinski definition) is 5. The van der Waals surface area contributed by atoms with Gasteiger partial charge in [-0.1, -0.05) is 0 Å². The summed E-state index contributed by atoms with van der Waals surface area (Å²) >= 11 is 1.77. The predicted octanol–water partition coefficient (Wildman–Crippen LogP) is 1.98. The van der Waals surface area contributed by atoms with Gasteiger partial charge < -0.3 is 15.0 Å². The van der Waals surface area contributed by atoms with Crippen LogP contribution in [0.2, 0.25) is 0 Å². The first-order valence-corrected chi connectivity index (χ1v) is 9.84. The van der Waals surface area contributed by atoms with Gasteiger partial charge in [0.2, 0.25) is 0 Å². The average molecular weight is 479 g/mol. The molecule has 3 heterocycles. The lowest BCUT2D eigenvalue weighted by atomic mass is 10.2. The quantitative estimate of drug-likeness (QED) is 0.398.